The third-order valence-corrected chi connectivity index (χ3v) is 4.28. The van der Waals surface area contributed by atoms with Crippen molar-refractivity contribution in [3.05, 3.63) is 0 Å². The van der Waals surface area contributed by atoms with Crippen LogP contribution < -0.4 is 0 Å². The minimum absolute atomic E-state index is 0. The van der Waals surface area contributed by atoms with Crippen LogP contribution in [0.2, 0.25) is 0 Å². The molecule has 1 N–H and O–H groups in total. The number of halogens is 1. The minimum Gasteiger partial charge on any atom is -0.480 e. The van der Waals surface area contributed by atoms with Crippen LogP contribution >= 0.6 is 12.4 Å². The Bertz CT molecular complexity index is 299. The quantitative estimate of drug-likeness (QED) is 0.759. The third-order valence-electron chi connectivity index (χ3n) is 2.10. The molecule has 0 heterocycles. The third kappa shape index (κ3) is 4.67. The normalized spacial score (nSPS) is 13.2. The van der Waals surface area contributed by atoms with Gasteiger partial charge < -0.3 is 5.11 Å². The molecule has 0 aliphatic carbocycles. The molecule has 1 unspecified atom stereocenters. The first kappa shape index (κ1) is 18.0. The maximum atomic E-state index is 11.8. The number of hydrogen-bond donors (Lipinski definition) is 1. The molecule has 0 aromatic carbocycles. The molecule has 0 radical (unpaired) electrons. The second-order valence-electron chi connectivity index (χ2n) is 3.42. The zero-order valence-electron chi connectivity index (χ0n) is 9.84. The lowest BCUT2D eigenvalue weighted by atomic mass is 10.4. The van der Waals surface area contributed by atoms with Crippen LogP contribution in [0.5, 0.6) is 0 Å². The van der Waals surface area contributed by atoms with Gasteiger partial charge in [0.05, 0.1) is 0 Å². The second-order valence-corrected chi connectivity index (χ2v) is 5.68. The topological polar surface area (TPSA) is 74.7 Å². The Kier molecular flexibility index (Phi) is 8.87. The molecule has 0 saturated heterocycles. The Morgan fingerprint density at radius 3 is 1.88 bits per heavy atom. The smallest absolute Gasteiger partial charge is 0.323 e. The summed E-state index contributed by atoms with van der Waals surface area (Å²) in [4.78, 5) is 10.7. The van der Waals surface area contributed by atoms with Crippen molar-refractivity contribution in [1.29, 1.82) is 0 Å². The Labute approximate surface area is 103 Å². The molecule has 0 aromatic heterocycles. The van der Waals surface area contributed by atoms with Gasteiger partial charge in [0.25, 0.3) is 0 Å². The van der Waals surface area contributed by atoms with Crippen LogP contribution in [0.4, 0.5) is 0 Å². The summed E-state index contributed by atoms with van der Waals surface area (Å²) in [6.45, 7) is 5.70. The highest BCUT2D eigenvalue weighted by Gasteiger charge is 2.32. The van der Waals surface area contributed by atoms with E-state index in [1.807, 2.05) is 13.8 Å². The summed E-state index contributed by atoms with van der Waals surface area (Å²) in [7, 11) is -3.69. The molecule has 1 atom stereocenters. The fraction of sp³-hybridized carbons (Fsp3) is 0.889. The summed E-state index contributed by atoms with van der Waals surface area (Å²) < 4.78 is 24.8. The molecule has 0 rings (SSSR count). The van der Waals surface area contributed by atoms with E-state index in [-0.39, 0.29) is 12.4 Å². The van der Waals surface area contributed by atoms with Gasteiger partial charge in [0.2, 0.25) is 10.0 Å². The van der Waals surface area contributed by atoms with E-state index >= 15 is 0 Å². The number of carbonyl (C=O) groups is 1. The molecule has 0 amide bonds. The number of carboxylic acid groups (broad SMARTS) is 1. The molecular formula is C9H20ClNO4S. The van der Waals surface area contributed by atoms with Gasteiger partial charge in [-0.25, -0.2) is 12.7 Å². The highest BCUT2D eigenvalue weighted by Crippen LogP contribution is 2.10. The van der Waals surface area contributed by atoms with E-state index < -0.39 is 21.2 Å². The van der Waals surface area contributed by atoms with Gasteiger partial charge in [-0.05, 0) is 19.8 Å². The first-order chi connectivity index (χ1) is 6.87. The first-order valence-electron chi connectivity index (χ1n) is 5.09. The van der Waals surface area contributed by atoms with E-state index in [0.717, 1.165) is 0 Å². The van der Waals surface area contributed by atoms with Crippen molar-refractivity contribution in [3.63, 3.8) is 0 Å². The standard InChI is InChI=1S/C9H19NO4S.ClH/c1-4-6-10(7-5-2)15(13,14)8(3)9(11)12;/h8H,4-7H2,1-3H3,(H,11,12);1H. The van der Waals surface area contributed by atoms with Gasteiger partial charge in [0, 0.05) is 13.1 Å². The van der Waals surface area contributed by atoms with Gasteiger partial charge in [-0.3, -0.25) is 4.79 Å². The van der Waals surface area contributed by atoms with Crippen molar-refractivity contribution in [2.75, 3.05) is 13.1 Å². The molecule has 0 saturated carbocycles. The molecule has 0 fully saturated rings. The molecule has 0 bridgehead atoms. The van der Waals surface area contributed by atoms with Crippen LogP contribution in [0.3, 0.4) is 0 Å². The predicted molar refractivity (Wildman–Crippen MR) is 65.4 cm³/mol. The van der Waals surface area contributed by atoms with Crippen molar-refractivity contribution in [1.82, 2.24) is 4.31 Å². The molecule has 0 aliphatic rings. The van der Waals surface area contributed by atoms with Gasteiger partial charge in [-0.1, -0.05) is 13.8 Å². The first-order valence-corrected chi connectivity index (χ1v) is 6.60. The van der Waals surface area contributed by atoms with Crippen molar-refractivity contribution in [3.8, 4) is 0 Å². The fourth-order valence-corrected chi connectivity index (χ4v) is 2.79. The maximum absolute atomic E-state index is 11.8. The minimum atomic E-state index is -3.69. The van der Waals surface area contributed by atoms with Crippen LogP contribution in [0.1, 0.15) is 33.6 Å². The summed E-state index contributed by atoms with van der Waals surface area (Å²) in [6, 6.07) is 0. The average molecular weight is 274 g/mol. The molecule has 0 spiro atoms. The summed E-state index contributed by atoms with van der Waals surface area (Å²) >= 11 is 0. The number of carboxylic acids is 1. The molecule has 98 valence electrons. The lowest BCUT2D eigenvalue weighted by molar-refractivity contribution is -0.136. The van der Waals surface area contributed by atoms with E-state index in [1.54, 1.807) is 0 Å². The van der Waals surface area contributed by atoms with Crippen LogP contribution in [-0.2, 0) is 14.8 Å². The zero-order valence-corrected chi connectivity index (χ0v) is 11.5. The van der Waals surface area contributed by atoms with Crippen molar-refractivity contribution in [2.45, 2.75) is 38.9 Å². The van der Waals surface area contributed by atoms with E-state index in [4.69, 9.17) is 5.11 Å². The molecule has 7 heteroatoms. The van der Waals surface area contributed by atoms with Gasteiger partial charge in [0.1, 0.15) is 0 Å². The van der Waals surface area contributed by atoms with E-state index in [1.165, 1.54) is 11.2 Å². The summed E-state index contributed by atoms with van der Waals surface area (Å²) in [5, 5.41) is 7.33. The zero-order chi connectivity index (χ0) is 12.1. The van der Waals surface area contributed by atoms with Crippen LogP contribution in [0.15, 0.2) is 0 Å². The summed E-state index contributed by atoms with van der Waals surface area (Å²) in [6.07, 6.45) is 1.37. The number of aliphatic carboxylic acids is 1. The van der Waals surface area contributed by atoms with Gasteiger partial charge >= 0.3 is 5.97 Å². The lowest BCUT2D eigenvalue weighted by Crippen LogP contribution is -2.41. The van der Waals surface area contributed by atoms with Crippen molar-refractivity contribution >= 4 is 28.4 Å². The monoisotopic (exact) mass is 273 g/mol. The van der Waals surface area contributed by atoms with Crippen LogP contribution in [0, 0.1) is 0 Å². The number of nitrogens with zero attached hydrogens (tertiary/aromatic N) is 1. The summed E-state index contributed by atoms with van der Waals surface area (Å²) in [5.41, 5.74) is 0. The Morgan fingerprint density at radius 1 is 1.25 bits per heavy atom. The van der Waals surface area contributed by atoms with E-state index in [9.17, 15) is 13.2 Å². The summed E-state index contributed by atoms with van der Waals surface area (Å²) in [5.74, 6) is -1.30. The Hall–Kier alpha value is -0.330. The van der Waals surface area contributed by atoms with Gasteiger partial charge in [-0.2, -0.15) is 0 Å². The largest absolute Gasteiger partial charge is 0.480 e. The van der Waals surface area contributed by atoms with E-state index in [0.29, 0.717) is 25.9 Å². The van der Waals surface area contributed by atoms with Crippen LogP contribution in [-0.4, -0.2) is 42.1 Å². The molecule has 0 aliphatic heterocycles. The predicted octanol–water partition coefficient (Wildman–Crippen LogP) is 1.33. The average Bonchev–Trinajstić information content (AvgIpc) is 2.16. The molecule has 16 heavy (non-hydrogen) atoms. The van der Waals surface area contributed by atoms with E-state index in [2.05, 4.69) is 0 Å². The number of hydrogen-bond acceptors (Lipinski definition) is 3. The molecule has 0 aromatic rings. The number of rotatable bonds is 7. The SMILES string of the molecule is CCCN(CCC)S(=O)(=O)C(C)C(=O)O.Cl. The Morgan fingerprint density at radius 2 is 1.62 bits per heavy atom. The highest BCUT2D eigenvalue weighted by atomic mass is 35.5. The van der Waals surface area contributed by atoms with Crippen LogP contribution in [0.25, 0.3) is 0 Å². The van der Waals surface area contributed by atoms with Crippen molar-refractivity contribution in [2.24, 2.45) is 0 Å². The molecular weight excluding hydrogens is 254 g/mol. The van der Waals surface area contributed by atoms with Gasteiger partial charge in [0.15, 0.2) is 5.25 Å². The highest BCUT2D eigenvalue weighted by molar-refractivity contribution is 7.90. The van der Waals surface area contributed by atoms with Gasteiger partial charge in [-0.15, -0.1) is 12.4 Å². The maximum Gasteiger partial charge on any atom is 0.323 e. The fourth-order valence-electron chi connectivity index (χ4n) is 1.22. The number of sulfonamides is 1. The lowest BCUT2D eigenvalue weighted by Gasteiger charge is -2.22. The second kappa shape index (κ2) is 7.86. The Balaban J connectivity index is 0. The molecule has 5 nitrogen and oxygen atoms in total. The van der Waals surface area contributed by atoms with Crippen molar-refractivity contribution < 1.29 is 18.3 Å².